The Kier molecular flexibility index (Phi) is 5.15. The molecule has 20 heavy (non-hydrogen) atoms. The van der Waals surface area contributed by atoms with Gasteiger partial charge in [-0.25, -0.2) is 0 Å². The molecule has 0 radical (unpaired) electrons. The fraction of sp³-hybridized carbons (Fsp3) is 0.308. The minimum absolute atomic E-state index is 0. The van der Waals surface area contributed by atoms with Crippen LogP contribution in [0.2, 0.25) is 10.0 Å². The monoisotopic (exact) mass is 350 g/mol. The third-order valence-corrected chi connectivity index (χ3v) is 5.07. The third-order valence-electron chi connectivity index (χ3n) is 3.19. The molecule has 1 amide bonds. The fourth-order valence-corrected chi connectivity index (χ4v) is 3.94. The number of nitrogens with zero attached hydrogens (tertiary/aromatic N) is 1. The van der Waals surface area contributed by atoms with Crippen molar-refractivity contribution in [2.45, 2.75) is 0 Å². The lowest BCUT2D eigenvalue weighted by Crippen LogP contribution is -2.46. The van der Waals surface area contributed by atoms with Gasteiger partial charge in [0.05, 0.1) is 5.02 Å². The lowest BCUT2D eigenvalue weighted by atomic mass is 10.2. The molecule has 1 aromatic carbocycles. The molecule has 1 saturated heterocycles. The first kappa shape index (κ1) is 15.9. The summed E-state index contributed by atoms with van der Waals surface area (Å²) in [6.07, 6.45) is 0. The standard InChI is InChI=1S/C13H12Cl2N2OS.ClH/c14-8-1-2-9-10(7-8)19-12(11(9)15)13(18)17-5-3-16-4-6-17;/h1-2,7,16H,3-6H2;1H. The summed E-state index contributed by atoms with van der Waals surface area (Å²) in [5.74, 6) is 0.0174. The van der Waals surface area contributed by atoms with E-state index in [2.05, 4.69) is 5.32 Å². The van der Waals surface area contributed by atoms with Crippen LogP contribution in [0, 0.1) is 0 Å². The Morgan fingerprint density at radius 1 is 1.25 bits per heavy atom. The molecule has 0 bridgehead atoms. The van der Waals surface area contributed by atoms with Crippen molar-refractivity contribution >= 4 is 62.9 Å². The maximum absolute atomic E-state index is 12.5. The average molecular weight is 352 g/mol. The number of carbonyl (C=O) groups is 1. The minimum atomic E-state index is 0. The Labute approximate surface area is 137 Å². The Bertz CT molecular complexity index is 638. The first-order chi connectivity index (χ1) is 9.16. The van der Waals surface area contributed by atoms with Gasteiger partial charge in [0.2, 0.25) is 0 Å². The molecular formula is C13H13Cl3N2OS. The van der Waals surface area contributed by atoms with Crippen LogP contribution < -0.4 is 5.32 Å². The molecule has 3 rings (SSSR count). The quantitative estimate of drug-likeness (QED) is 0.850. The van der Waals surface area contributed by atoms with Gasteiger partial charge in [0, 0.05) is 41.3 Å². The molecule has 0 unspecified atom stereocenters. The summed E-state index contributed by atoms with van der Waals surface area (Å²) in [6, 6.07) is 5.51. The van der Waals surface area contributed by atoms with Gasteiger partial charge in [-0.1, -0.05) is 29.3 Å². The van der Waals surface area contributed by atoms with Crippen molar-refractivity contribution in [3.63, 3.8) is 0 Å². The predicted molar refractivity (Wildman–Crippen MR) is 87.9 cm³/mol. The molecule has 7 heteroatoms. The number of piperazine rings is 1. The van der Waals surface area contributed by atoms with E-state index < -0.39 is 0 Å². The second-order valence-electron chi connectivity index (χ2n) is 4.43. The van der Waals surface area contributed by atoms with E-state index in [-0.39, 0.29) is 18.3 Å². The van der Waals surface area contributed by atoms with Crippen LogP contribution in [-0.2, 0) is 0 Å². The van der Waals surface area contributed by atoms with E-state index in [9.17, 15) is 4.79 Å². The van der Waals surface area contributed by atoms with Crippen molar-refractivity contribution in [3.05, 3.63) is 33.1 Å². The summed E-state index contributed by atoms with van der Waals surface area (Å²) in [5, 5.41) is 5.33. The highest BCUT2D eigenvalue weighted by molar-refractivity contribution is 7.21. The predicted octanol–water partition coefficient (Wildman–Crippen LogP) is 3.68. The summed E-state index contributed by atoms with van der Waals surface area (Å²) >= 11 is 13.7. The number of amides is 1. The zero-order valence-corrected chi connectivity index (χ0v) is 13.6. The van der Waals surface area contributed by atoms with Gasteiger partial charge >= 0.3 is 0 Å². The maximum atomic E-state index is 12.5. The van der Waals surface area contributed by atoms with Gasteiger partial charge in [0.1, 0.15) is 4.88 Å². The molecule has 108 valence electrons. The van der Waals surface area contributed by atoms with Crippen LogP contribution >= 0.6 is 46.9 Å². The molecule has 1 aliphatic heterocycles. The number of rotatable bonds is 1. The van der Waals surface area contributed by atoms with Crippen LogP contribution in [0.1, 0.15) is 9.67 Å². The van der Waals surface area contributed by atoms with Crippen LogP contribution in [0.4, 0.5) is 0 Å². The van der Waals surface area contributed by atoms with E-state index in [1.54, 1.807) is 6.07 Å². The highest BCUT2D eigenvalue weighted by Crippen LogP contribution is 2.37. The minimum Gasteiger partial charge on any atom is -0.335 e. The lowest BCUT2D eigenvalue weighted by Gasteiger charge is -2.27. The highest BCUT2D eigenvalue weighted by Gasteiger charge is 2.23. The molecule has 0 saturated carbocycles. The summed E-state index contributed by atoms with van der Waals surface area (Å²) < 4.78 is 0.955. The molecule has 0 spiro atoms. The number of hydrogen-bond acceptors (Lipinski definition) is 3. The molecule has 1 aromatic heterocycles. The number of nitrogens with one attached hydrogen (secondary N) is 1. The van der Waals surface area contributed by atoms with Gasteiger partial charge in [-0.2, -0.15) is 0 Å². The zero-order valence-electron chi connectivity index (χ0n) is 10.5. The normalized spacial score (nSPS) is 15.2. The first-order valence-corrected chi connectivity index (χ1v) is 7.61. The van der Waals surface area contributed by atoms with Gasteiger partial charge < -0.3 is 10.2 Å². The van der Waals surface area contributed by atoms with E-state index in [1.165, 1.54) is 11.3 Å². The number of carbonyl (C=O) groups excluding carboxylic acids is 1. The van der Waals surface area contributed by atoms with E-state index in [4.69, 9.17) is 23.2 Å². The maximum Gasteiger partial charge on any atom is 0.265 e. The van der Waals surface area contributed by atoms with Crippen LogP contribution in [0.3, 0.4) is 0 Å². The molecule has 2 aromatic rings. The van der Waals surface area contributed by atoms with E-state index in [0.29, 0.717) is 14.9 Å². The Balaban J connectivity index is 0.00000147. The van der Waals surface area contributed by atoms with Crippen molar-refractivity contribution in [2.75, 3.05) is 26.2 Å². The molecule has 1 fully saturated rings. The van der Waals surface area contributed by atoms with Crippen LogP contribution in [0.25, 0.3) is 10.1 Å². The number of fused-ring (bicyclic) bond motifs is 1. The van der Waals surface area contributed by atoms with Crippen molar-refractivity contribution in [1.29, 1.82) is 0 Å². The summed E-state index contributed by atoms with van der Waals surface area (Å²) in [6.45, 7) is 3.12. The van der Waals surface area contributed by atoms with E-state index in [0.717, 1.165) is 36.3 Å². The number of hydrogen-bond donors (Lipinski definition) is 1. The Morgan fingerprint density at radius 3 is 2.65 bits per heavy atom. The molecule has 0 atom stereocenters. The summed E-state index contributed by atoms with van der Waals surface area (Å²) in [5.41, 5.74) is 0. The molecule has 1 N–H and O–H groups in total. The molecule has 2 heterocycles. The van der Waals surface area contributed by atoms with Gasteiger partial charge in [0.15, 0.2) is 0 Å². The Morgan fingerprint density at radius 2 is 1.95 bits per heavy atom. The van der Waals surface area contributed by atoms with Gasteiger partial charge in [-0.15, -0.1) is 23.7 Å². The van der Waals surface area contributed by atoms with Gasteiger partial charge in [-0.05, 0) is 12.1 Å². The first-order valence-electron chi connectivity index (χ1n) is 6.04. The van der Waals surface area contributed by atoms with Gasteiger partial charge in [0.25, 0.3) is 5.91 Å². The number of halogens is 3. The molecular weight excluding hydrogens is 339 g/mol. The second-order valence-corrected chi connectivity index (χ2v) is 6.29. The second kappa shape index (κ2) is 6.50. The van der Waals surface area contributed by atoms with Crippen LogP contribution in [0.15, 0.2) is 18.2 Å². The molecule has 1 aliphatic rings. The van der Waals surface area contributed by atoms with Crippen molar-refractivity contribution < 1.29 is 4.79 Å². The smallest absolute Gasteiger partial charge is 0.265 e. The lowest BCUT2D eigenvalue weighted by molar-refractivity contribution is 0.0741. The topological polar surface area (TPSA) is 32.3 Å². The van der Waals surface area contributed by atoms with Crippen LogP contribution in [-0.4, -0.2) is 37.0 Å². The number of thiophene rings is 1. The zero-order chi connectivity index (χ0) is 13.4. The third kappa shape index (κ3) is 2.90. The summed E-state index contributed by atoms with van der Waals surface area (Å²) in [4.78, 5) is 14.9. The molecule has 0 aliphatic carbocycles. The van der Waals surface area contributed by atoms with Crippen molar-refractivity contribution in [1.82, 2.24) is 10.2 Å². The highest BCUT2D eigenvalue weighted by atomic mass is 35.5. The van der Waals surface area contributed by atoms with Crippen molar-refractivity contribution in [2.24, 2.45) is 0 Å². The fourth-order valence-electron chi connectivity index (χ4n) is 2.19. The SMILES string of the molecule is Cl.O=C(c1sc2cc(Cl)ccc2c1Cl)N1CCNCC1. The van der Waals surface area contributed by atoms with Crippen LogP contribution in [0.5, 0.6) is 0 Å². The average Bonchev–Trinajstić information content (AvgIpc) is 2.75. The van der Waals surface area contributed by atoms with E-state index in [1.807, 2.05) is 17.0 Å². The van der Waals surface area contributed by atoms with E-state index >= 15 is 0 Å². The summed E-state index contributed by atoms with van der Waals surface area (Å²) in [7, 11) is 0. The largest absolute Gasteiger partial charge is 0.335 e. The molecule has 3 nitrogen and oxygen atoms in total. The number of benzene rings is 1. The van der Waals surface area contributed by atoms with Gasteiger partial charge in [-0.3, -0.25) is 4.79 Å². The van der Waals surface area contributed by atoms with Crippen molar-refractivity contribution in [3.8, 4) is 0 Å². The Hall–Kier alpha value is -0.520.